The van der Waals surface area contributed by atoms with Gasteiger partial charge in [0, 0.05) is 11.1 Å². The normalized spacial score (nSPS) is 10.9. The van der Waals surface area contributed by atoms with E-state index in [4.69, 9.17) is 24.0 Å². The Kier molecular flexibility index (Phi) is 5.22. The first-order chi connectivity index (χ1) is 14.2. The molecule has 0 saturated heterocycles. The zero-order valence-corrected chi connectivity index (χ0v) is 17.3. The van der Waals surface area contributed by atoms with Crippen molar-refractivity contribution >= 4 is 16.3 Å². The van der Waals surface area contributed by atoms with Gasteiger partial charge in [-0.05, 0) is 43.3 Å². The van der Waals surface area contributed by atoms with Crippen molar-refractivity contribution in [1.29, 1.82) is 0 Å². The zero-order valence-electron chi connectivity index (χ0n) is 16.5. The summed E-state index contributed by atoms with van der Waals surface area (Å²) >= 11 is 1.46. The average molecular weight is 412 g/mol. The van der Waals surface area contributed by atoms with E-state index in [0.29, 0.717) is 34.6 Å². The molecule has 2 heterocycles. The molecule has 0 bridgehead atoms. The Morgan fingerprint density at radius 3 is 2.17 bits per heavy atom. The van der Waals surface area contributed by atoms with Crippen LogP contribution in [0.2, 0.25) is 0 Å². The molecule has 8 nitrogen and oxygen atoms in total. The van der Waals surface area contributed by atoms with Gasteiger partial charge in [-0.2, -0.15) is 9.61 Å². The molecule has 150 valence electrons. The van der Waals surface area contributed by atoms with Gasteiger partial charge < -0.3 is 18.9 Å². The summed E-state index contributed by atoms with van der Waals surface area (Å²) in [6.07, 6.45) is 0. The molecule has 0 spiro atoms. The smallest absolute Gasteiger partial charge is 0.235 e. The second-order valence-corrected chi connectivity index (χ2v) is 6.95. The topological polar surface area (TPSA) is 80.0 Å². The molecular weight excluding hydrogens is 392 g/mol. The Hall–Kier alpha value is -3.33. The molecule has 2 aromatic heterocycles. The lowest BCUT2D eigenvalue weighted by molar-refractivity contribution is 0.324. The third kappa shape index (κ3) is 3.44. The standard InChI is InChI=1S/C20H20N4O4S/c1-5-28-14-8-6-12(7-9-14)19-23-24-18(21-22-20(24)29-19)13-10-15(25-2)17(27-4)16(11-13)26-3/h6-11H,5H2,1-4H3. The summed E-state index contributed by atoms with van der Waals surface area (Å²) in [6.45, 7) is 2.59. The van der Waals surface area contributed by atoms with Crippen molar-refractivity contribution in [2.45, 2.75) is 6.92 Å². The molecule has 0 aliphatic carbocycles. The van der Waals surface area contributed by atoms with Gasteiger partial charge in [-0.15, -0.1) is 10.2 Å². The third-order valence-corrected chi connectivity index (χ3v) is 5.27. The highest BCUT2D eigenvalue weighted by molar-refractivity contribution is 7.19. The SMILES string of the molecule is CCOc1ccc(-c2nn3c(-c4cc(OC)c(OC)c(OC)c4)nnc3s2)cc1. The highest BCUT2D eigenvalue weighted by Gasteiger charge is 2.19. The minimum absolute atomic E-state index is 0.521. The highest BCUT2D eigenvalue weighted by Crippen LogP contribution is 2.41. The van der Waals surface area contributed by atoms with Crippen molar-refractivity contribution < 1.29 is 18.9 Å². The number of methoxy groups -OCH3 is 3. The van der Waals surface area contributed by atoms with E-state index in [2.05, 4.69) is 10.2 Å². The van der Waals surface area contributed by atoms with Crippen LogP contribution in [0.1, 0.15) is 6.92 Å². The van der Waals surface area contributed by atoms with Crippen LogP contribution in [0.5, 0.6) is 23.0 Å². The summed E-state index contributed by atoms with van der Waals surface area (Å²) in [5.41, 5.74) is 1.75. The van der Waals surface area contributed by atoms with Crippen molar-refractivity contribution in [2.24, 2.45) is 0 Å². The molecule has 0 atom stereocenters. The van der Waals surface area contributed by atoms with Gasteiger partial charge >= 0.3 is 0 Å². The van der Waals surface area contributed by atoms with Crippen molar-refractivity contribution in [3.63, 3.8) is 0 Å². The lowest BCUT2D eigenvalue weighted by Gasteiger charge is -2.13. The van der Waals surface area contributed by atoms with Crippen molar-refractivity contribution in [3.05, 3.63) is 36.4 Å². The number of hydrogen-bond acceptors (Lipinski definition) is 8. The summed E-state index contributed by atoms with van der Waals surface area (Å²) in [7, 11) is 4.72. The molecule has 0 amide bonds. The second-order valence-electron chi connectivity index (χ2n) is 6.00. The lowest BCUT2D eigenvalue weighted by atomic mass is 10.1. The minimum atomic E-state index is 0.521. The Morgan fingerprint density at radius 1 is 0.897 bits per heavy atom. The predicted molar refractivity (Wildman–Crippen MR) is 110 cm³/mol. The molecule has 0 saturated carbocycles. The maximum absolute atomic E-state index is 5.50. The summed E-state index contributed by atoms with van der Waals surface area (Å²) in [5, 5.41) is 14.1. The Labute approximate surface area is 171 Å². The largest absolute Gasteiger partial charge is 0.494 e. The molecule has 4 aromatic rings. The molecule has 0 radical (unpaired) electrons. The van der Waals surface area contributed by atoms with E-state index in [1.165, 1.54) is 11.3 Å². The highest BCUT2D eigenvalue weighted by atomic mass is 32.1. The zero-order chi connectivity index (χ0) is 20.4. The number of aromatic nitrogens is 4. The van der Waals surface area contributed by atoms with Gasteiger partial charge in [0.25, 0.3) is 0 Å². The first-order valence-electron chi connectivity index (χ1n) is 8.94. The average Bonchev–Trinajstić information content (AvgIpc) is 3.34. The molecule has 0 fully saturated rings. The van der Waals surface area contributed by atoms with E-state index < -0.39 is 0 Å². The summed E-state index contributed by atoms with van der Waals surface area (Å²) in [5.74, 6) is 3.03. The summed E-state index contributed by atoms with van der Waals surface area (Å²) < 4.78 is 23.5. The van der Waals surface area contributed by atoms with Gasteiger partial charge in [0.1, 0.15) is 10.8 Å². The molecule has 4 rings (SSSR count). The van der Waals surface area contributed by atoms with Crippen molar-refractivity contribution in [3.8, 4) is 45.0 Å². The van der Waals surface area contributed by atoms with Crippen LogP contribution in [0.25, 0.3) is 26.9 Å². The van der Waals surface area contributed by atoms with Crippen LogP contribution in [0.4, 0.5) is 0 Å². The minimum Gasteiger partial charge on any atom is -0.494 e. The van der Waals surface area contributed by atoms with E-state index in [0.717, 1.165) is 21.9 Å². The number of hydrogen-bond donors (Lipinski definition) is 0. The molecule has 9 heteroatoms. The van der Waals surface area contributed by atoms with E-state index in [9.17, 15) is 0 Å². The molecule has 0 N–H and O–H groups in total. The van der Waals surface area contributed by atoms with Crippen LogP contribution in [-0.4, -0.2) is 47.7 Å². The van der Waals surface area contributed by atoms with E-state index in [-0.39, 0.29) is 0 Å². The van der Waals surface area contributed by atoms with Crippen molar-refractivity contribution in [2.75, 3.05) is 27.9 Å². The molecule has 0 aliphatic heterocycles. The molecule has 0 aliphatic rings. The molecular formula is C20H20N4O4S. The number of ether oxygens (including phenoxy) is 4. The van der Waals surface area contributed by atoms with Crippen molar-refractivity contribution in [1.82, 2.24) is 19.8 Å². The van der Waals surface area contributed by atoms with Crippen LogP contribution in [0, 0.1) is 0 Å². The summed E-state index contributed by atoms with van der Waals surface area (Å²) in [6, 6.07) is 11.5. The van der Waals surface area contributed by atoms with Crippen LogP contribution in [0.15, 0.2) is 36.4 Å². The third-order valence-electron chi connectivity index (χ3n) is 4.33. The fourth-order valence-corrected chi connectivity index (χ4v) is 3.83. The second kappa shape index (κ2) is 7.96. The predicted octanol–water partition coefficient (Wildman–Crippen LogP) is 3.94. The van der Waals surface area contributed by atoms with Gasteiger partial charge in [-0.1, -0.05) is 11.3 Å². The monoisotopic (exact) mass is 412 g/mol. The fourth-order valence-electron chi connectivity index (χ4n) is 2.98. The van der Waals surface area contributed by atoms with Crippen LogP contribution in [-0.2, 0) is 0 Å². The quantitative estimate of drug-likeness (QED) is 0.455. The first-order valence-corrected chi connectivity index (χ1v) is 9.76. The van der Waals surface area contributed by atoms with Crippen LogP contribution < -0.4 is 18.9 Å². The van der Waals surface area contributed by atoms with Crippen LogP contribution in [0.3, 0.4) is 0 Å². The Balaban J connectivity index is 1.76. The first kappa shape index (κ1) is 19.0. The van der Waals surface area contributed by atoms with Gasteiger partial charge in [0.05, 0.1) is 27.9 Å². The number of nitrogens with zero attached hydrogens (tertiary/aromatic N) is 4. The van der Waals surface area contributed by atoms with Gasteiger partial charge in [-0.25, -0.2) is 0 Å². The number of fused-ring (bicyclic) bond motifs is 1. The fraction of sp³-hybridized carbons (Fsp3) is 0.250. The maximum Gasteiger partial charge on any atom is 0.235 e. The van der Waals surface area contributed by atoms with E-state index in [1.807, 2.05) is 43.3 Å². The maximum atomic E-state index is 5.50. The van der Waals surface area contributed by atoms with Crippen LogP contribution >= 0.6 is 11.3 Å². The number of rotatable bonds is 7. The molecule has 2 aromatic carbocycles. The Bertz CT molecular complexity index is 1110. The van der Waals surface area contributed by atoms with Gasteiger partial charge in [0.15, 0.2) is 17.3 Å². The van der Waals surface area contributed by atoms with Gasteiger partial charge in [0.2, 0.25) is 10.7 Å². The number of benzene rings is 2. The molecule has 29 heavy (non-hydrogen) atoms. The summed E-state index contributed by atoms with van der Waals surface area (Å²) in [4.78, 5) is 0.692. The van der Waals surface area contributed by atoms with E-state index in [1.54, 1.807) is 25.8 Å². The lowest BCUT2D eigenvalue weighted by Crippen LogP contribution is -1.97. The molecule has 0 unspecified atom stereocenters. The van der Waals surface area contributed by atoms with E-state index >= 15 is 0 Å². The Morgan fingerprint density at radius 2 is 1.59 bits per heavy atom. The van der Waals surface area contributed by atoms with Gasteiger partial charge in [-0.3, -0.25) is 0 Å².